The molecule has 0 bridgehead atoms. The molecule has 2 saturated heterocycles. The van der Waals surface area contributed by atoms with Gasteiger partial charge in [-0.3, -0.25) is 4.90 Å². The van der Waals surface area contributed by atoms with Crippen LogP contribution in [0.4, 0.5) is 0 Å². The van der Waals surface area contributed by atoms with Crippen molar-refractivity contribution in [3.63, 3.8) is 0 Å². The van der Waals surface area contributed by atoms with E-state index in [-0.39, 0.29) is 0 Å². The van der Waals surface area contributed by atoms with Crippen LogP contribution in [0.5, 0.6) is 0 Å². The topological polar surface area (TPSA) is 12.5 Å². The van der Waals surface area contributed by atoms with E-state index in [0.29, 0.717) is 12.0 Å². The molecule has 12 heavy (non-hydrogen) atoms. The van der Waals surface area contributed by atoms with Gasteiger partial charge in [0, 0.05) is 12.6 Å². The molecule has 0 radical (unpaired) electrons. The van der Waals surface area contributed by atoms with Crippen molar-refractivity contribution in [2.24, 2.45) is 5.92 Å². The van der Waals surface area contributed by atoms with Gasteiger partial charge < -0.3 is 4.74 Å². The van der Waals surface area contributed by atoms with Crippen LogP contribution in [-0.2, 0) is 4.74 Å². The first kappa shape index (κ1) is 8.52. The number of fused-ring (bicyclic) bond motifs is 1. The first-order valence-corrected chi connectivity index (χ1v) is 5.13. The zero-order chi connectivity index (χ0) is 8.55. The van der Waals surface area contributed by atoms with E-state index in [1.165, 1.54) is 25.9 Å². The molecule has 0 aromatic rings. The van der Waals surface area contributed by atoms with Gasteiger partial charge in [0.1, 0.15) is 0 Å². The van der Waals surface area contributed by atoms with E-state index >= 15 is 0 Å². The maximum atomic E-state index is 5.81. The van der Waals surface area contributed by atoms with E-state index in [1.807, 2.05) is 0 Å². The van der Waals surface area contributed by atoms with Crippen LogP contribution in [-0.4, -0.2) is 36.7 Å². The van der Waals surface area contributed by atoms with E-state index in [2.05, 4.69) is 18.7 Å². The highest BCUT2D eigenvalue weighted by Crippen LogP contribution is 2.24. The Morgan fingerprint density at radius 1 is 1.42 bits per heavy atom. The van der Waals surface area contributed by atoms with Crippen molar-refractivity contribution >= 4 is 0 Å². The molecule has 2 heteroatoms. The molecular weight excluding hydrogens is 150 g/mol. The molecule has 2 heterocycles. The predicted octanol–water partition coefficient (Wildman–Crippen LogP) is 1.51. The summed E-state index contributed by atoms with van der Waals surface area (Å²) in [5.74, 6) is 0.673. The van der Waals surface area contributed by atoms with Crippen molar-refractivity contribution < 1.29 is 4.74 Å². The van der Waals surface area contributed by atoms with Crippen molar-refractivity contribution in [2.75, 3.05) is 19.7 Å². The van der Waals surface area contributed by atoms with Crippen molar-refractivity contribution in [2.45, 2.75) is 38.8 Å². The molecular formula is C10H19NO. The average molecular weight is 169 g/mol. The Hall–Kier alpha value is -0.0800. The second-order valence-corrected chi connectivity index (χ2v) is 4.41. The van der Waals surface area contributed by atoms with Crippen molar-refractivity contribution in [1.82, 2.24) is 4.90 Å². The minimum Gasteiger partial charge on any atom is -0.375 e. The van der Waals surface area contributed by atoms with Crippen LogP contribution < -0.4 is 0 Å². The van der Waals surface area contributed by atoms with Gasteiger partial charge in [0.05, 0.1) is 12.7 Å². The summed E-state index contributed by atoms with van der Waals surface area (Å²) in [6.07, 6.45) is 3.21. The van der Waals surface area contributed by atoms with E-state index < -0.39 is 0 Å². The molecule has 0 aromatic carbocycles. The summed E-state index contributed by atoms with van der Waals surface area (Å²) in [4.78, 5) is 2.61. The number of ether oxygens (including phenoxy) is 1. The molecule has 2 aliphatic heterocycles. The molecule has 0 amide bonds. The molecule has 2 nitrogen and oxygen atoms in total. The highest BCUT2D eigenvalue weighted by molar-refractivity contribution is 4.85. The standard InChI is InChI=1S/C10H19NO/c1-8(2)10-6-11-5-3-4-9(11)7-12-10/h8-10H,3-7H2,1-2H3. The number of hydrogen-bond acceptors (Lipinski definition) is 2. The van der Waals surface area contributed by atoms with Gasteiger partial charge in [0.2, 0.25) is 0 Å². The molecule has 2 unspecified atom stereocenters. The van der Waals surface area contributed by atoms with Crippen LogP contribution in [0.15, 0.2) is 0 Å². The van der Waals surface area contributed by atoms with Crippen molar-refractivity contribution in [3.05, 3.63) is 0 Å². The van der Waals surface area contributed by atoms with Crippen LogP contribution in [0, 0.1) is 5.92 Å². The van der Waals surface area contributed by atoms with Crippen LogP contribution in [0.2, 0.25) is 0 Å². The molecule has 0 aromatic heterocycles. The smallest absolute Gasteiger partial charge is 0.0725 e. The Labute approximate surface area is 74.9 Å². The summed E-state index contributed by atoms with van der Waals surface area (Å²) >= 11 is 0. The maximum Gasteiger partial charge on any atom is 0.0725 e. The third-order valence-corrected chi connectivity index (χ3v) is 3.16. The molecule has 0 saturated carbocycles. The fraction of sp³-hybridized carbons (Fsp3) is 1.00. The highest BCUT2D eigenvalue weighted by atomic mass is 16.5. The molecule has 0 aliphatic carbocycles. The first-order chi connectivity index (χ1) is 5.77. The summed E-state index contributed by atoms with van der Waals surface area (Å²) in [5.41, 5.74) is 0. The van der Waals surface area contributed by atoms with Gasteiger partial charge in [-0.25, -0.2) is 0 Å². The number of hydrogen-bond donors (Lipinski definition) is 0. The molecule has 0 N–H and O–H groups in total. The molecule has 2 aliphatic rings. The zero-order valence-corrected chi connectivity index (χ0v) is 8.12. The van der Waals surface area contributed by atoms with E-state index in [0.717, 1.165) is 12.6 Å². The van der Waals surface area contributed by atoms with Gasteiger partial charge in [-0.1, -0.05) is 13.8 Å². The van der Waals surface area contributed by atoms with Crippen LogP contribution >= 0.6 is 0 Å². The molecule has 2 atom stereocenters. The zero-order valence-electron chi connectivity index (χ0n) is 8.12. The second-order valence-electron chi connectivity index (χ2n) is 4.41. The summed E-state index contributed by atoms with van der Waals surface area (Å²) in [5, 5.41) is 0. The van der Waals surface area contributed by atoms with Crippen LogP contribution in [0.25, 0.3) is 0 Å². The Balaban J connectivity index is 1.92. The summed E-state index contributed by atoms with van der Waals surface area (Å²) in [7, 11) is 0. The van der Waals surface area contributed by atoms with Gasteiger partial charge in [0.25, 0.3) is 0 Å². The maximum absolute atomic E-state index is 5.81. The fourth-order valence-electron chi connectivity index (χ4n) is 2.25. The second kappa shape index (κ2) is 3.35. The lowest BCUT2D eigenvalue weighted by molar-refractivity contribution is -0.0683. The normalized spacial score (nSPS) is 37.2. The number of nitrogens with zero attached hydrogens (tertiary/aromatic N) is 1. The summed E-state index contributed by atoms with van der Waals surface area (Å²) < 4.78 is 5.81. The minimum atomic E-state index is 0.486. The van der Waals surface area contributed by atoms with Crippen molar-refractivity contribution in [1.29, 1.82) is 0 Å². The molecule has 2 rings (SSSR count). The quantitative estimate of drug-likeness (QED) is 0.590. The third kappa shape index (κ3) is 1.50. The third-order valence-electron chi connectivity index (χ3n) is 3.16. The molecule has 0 spiro atoms. The van der Waals surface area contributed by atoms with Crippen molar-refractivity contribution in [3.8, 4) is 0 Å². The Kier molecular flexibility index (Phi) is 2.37. The fourth-order valence-corrected chi connectivity index (χ4v) is 2.25. The molecule has 70 valence electrons. The minimum absolute atomic E-state index is 0.486. The summed E-state index contributed by atoms with van der Waals surface area (Å²) in [6.45, 7) is 7.95. The van der Waals surface area contributed by atoms with E-state index in [4.69, 9.17) is 4.74 Å². The SMILES string of the molecule is CC(C)C1CN2CCCC2CO1. The number of rotatable bonds is 1. The monoisotopic (exact) mass is 169 g/mol. The van der Waals surface area contributed by atoms with E-state index in [9.17, 15) is 0 Å². The van der Waals surface area contributed by atoms with Crippen LogP contribution in [0.3, 0.4) is 0 Å². The first-order valence-electron chi connectivity index (χ1n) is 5.13. The number of morpholine rings is 1. The van der Waals surface area contributed by atoms with Crippen LogP contribution in [0.1, 0.15) is 26.7 Å². The largest absolute Gasteiger partial charge is 0.375 e. The summed E-state index contributed by atoms with van der Waals surface area (Å²) in [6, 6.07) is 0.750. The molecule has 2 fully saturated rings. The Morgan fingerprint density at radius 3 is 3.00 bits per heavy atom. The van der Waals surface area contributed by atoms with Gasteiger partial charge in [-0.05, 0) is 25.3 Å². The Bertz CT molecular complexity index is 158. The Morgan fingerprint density at radius 2 is 2.25 bits per heavy atom. The van der Waals surface area contributed by atoms with Gasteiger partial charge in [-0.15, -0.1) is 0 Å². The lowest BCUT2D eigenvalue weighted by Crippen LogP contribution is -2.47. The van der Waals surface area contributed by atoms with Gasteiger partial charge in [-0.2, -0.15) is 0 Å². The van der Waals surface area contributed by atoms with Gasteiger partial charge >= 0.3 is 0 Å². The van der Waals surface area contributed by atoms with E-state index in [1.54, 1.807) is 0 Å². The predicted molar refractivity (Wildman–Crippen MR) is 49.2 cm³/mol. The average Bonchev–Trinajstić information content (AvgIpc) is 2.49. The highest BCUT2D eigenvalue weighted by Gasteiger charge is 2.32. The lowest BCUT2D eigenvalue weighted by Gasteiger charge is -2.36. The van der Waals surface area contributed by atoms with Gasteiger partial charge in [0.15, 0.2) is 0 Å². The lowest BCUT2D eigenvalue weighted by atomic mass is 10.0.